The summed E-state index contributed by atoms with van der Waals surface area (Å²) >= 11 is 1.26. The number of nitrogens with one attached hydrogen (secondary N) is 1. The van der Waals surface area contributed by atoms with Gasteiger partial charge in [-0.25, -0.2) is 13.1 Å². The van der Waals surface area contributed by atoms with Crippen LogP contribution in [-0.2, 0) is 14.8 Å². The van der Waals surface area contributed by atoms with Gasteiger partial charge in [0, 0.05) is 23.8 Å². The standard InChI is InChI=1S/C16H18N2O3S2/c1-2-15(19)18-9-5-7-13(11-18)17-23(20,21)16-10-12-6-3-4-8-14(12)22-16/h2-4,6,8,10,13,17H,1,5,7,9,11H2/t13-/m0/s1. The van der Waals surface area contributed by atoms with Crippen molar-refractivity contribution < 1.29 is 13.2 Å². The summed E-state index contributed by atoms with van der Waals surface area (Å²) in [4.78, 5) is 13.3. The van der Waals surface area contributed by atoms with E-state index in [-0.39, 0.29) is 11.9 Å². The minimum Gasteiger partial charge on any atom is -0.338 e. The zero-order chi connectivity index (χ0) is 16.4. The number of carbonyl (C=O) groups excluding carboxylic acids is 1. The minimum absolute atomic E-state index is 0.157. The largest absolute Gasteiger partial charge is 0.338 e. The van der Waals surface area contributed by atoms with Crippen LogP contribution in [0.5, 0.6) is 0 Å². The molecule has 1 saturated heterocycles. The third kappa shape index (κ3) is 3.46. The normalized spacial score (nSPS) is 19.0. The zero-order valence-electron chi connectivity index (χ0n) is 12.6. The third-order valence-electron chi connectivity index (χ3n) is 3.90. The van der Waals surface area contributed by atoms with Crippen LogP contribution < -0.4 is 4.72 Å². The number of rotatable bonds is 4. The van der Waals surface area contributed by atoms with E-state index in [1.807, 2.05) is 24.3 Å². The lowest BCUT2D eigenvalue weighted by Crippen LogP contribution is -2.49. The Labute approximate surface area is 139 Å². The van der Waals surface area contributed by atoms with E-state index in [1.54, 1.807) is 11.0 Å². The molecule has 1 N–H and O–H groups in total. The second-order valence-corrected chi connectivity index (χ2v) is 8.58. The summed E-state index contributed by atoms with van der Waals surface area (Å²) in [5.41, 5.74) is 0. The molecule has 1 aliphatic rings. The molecule has 1 aliphatic heterocycles. The highest BCUT2D eigenvalue weighted by Gasteiger charge is 2.27. The molecule has 3 rings (SSSR count). The molecular weight excluding hydrogens is 332 g/mol. The quantitative estimate of drug-likeness (QED) is 0.861. The van der Waals surface area contributed by atoms with Crippen LogP contribution in [0.1, 0.15) is 12.8 Å². The second-order valence-electron chi connectivity index (χ2n) is 5.55. The molecule has 0 aliphatic carbocycles. The Kier molecular flexibility index (Phi) is 4.52. The number of hydrogen-bond donors (Lipinski definition) is 1. The lowest BCUT2D eigenvalue weighted by Gasteiger charge is -2.32. The number of likely N-dealkylation sites (tertiary alicyclic amines) is 1. The molecule has 1 fully saturated rings. The van der Waals surface area contributed by atoms with Crippen LogP contribution in [0, 0.1) is 0 Å². The van der Waals surface area contributed by atoms with Crippen LogP contribution in [0.3, 0.4) is 0 Å². The van der Waals surface area contributed by atoms with Crippen LogP contribution in [0.2, 0.25) is 0 Å². The number of hydrogen-bond acceptors (Lipinski definition) is 4. The first kappa shape index (κ1) is 16.2. The van der Waals surface area contributed by atoms with Crippen molar-refractivity contribution in [3.8, 4) is 0 Å². The van der Waals surface area contributed by atoms with E-state index in [0.717, 1.165) is 22.9 Å². The summed E-state index contributed by atoms with van der Waals surface area (Å²) < 4.78 is 29.2. The molecule has 2 heterocycles. The summed E-state index contributed by atoms with van der Waals surface area (Å²) in [6.45, 7) is 4.51. The van der Waals surface area contributed by atoms with E-state index in [9.17, 15) is 13.2 Å². The predicted molar refractivity (Wildman–Crippen MR) is 91.9 cm³/mol. The number of piperidine rings is 1. The van der Waals surface area contributed by atoms with Gasteiger partial charge in [-0.05, 0) is 36.4 Å². The fraction of sp³-hybridized carbons (Fsp3) is 0.312. The Morgan fingerprint density at radius 3 is 2.91 bits per heavy atom. The molecule has 1 aromatic heterocycles. The van der Waals surface area contributed by atoms with Crippen molar-refractivity contribution in [3.63, 3.8) is 0 Å². The monoisotopic (exact) mass is 350 g/mol. The summed E-state index contributed by atoms with van der Waals surface area (Å²) in [6.07, 6.45) is 2.77. The highest BCUT2D eigenvalue weighted by Crippen LogP contribution is 2.29. The number of thiophene rings is 1. The minimum atomic E-state index is -3.57. The van der Waals surface area contributed by atoms with Gasteiger partial charge in [0.15, 0.2) is 0 Å². The molecule has 23 heavy (non-hydrogen) atoms. The van der Waals surface area contributed by atoms with Crippen LogP contribution in [0.15, 0.2) is 47.2 Å². The van der Waals surface area contributed by atoms with Crippen molar-refractivity contribution in [2.45, 2.75) is 23.1 Å². The number of carbonyl (C=O) groups is 1. The molecule has 0 bridgehead atoms. The Bertz CT molecular complexity index is 809. The van der Waals surface area contributed by atoms with Gasteiger partial charge in [0.05, 0.1) is 0 Å². The molecule has 2 aromatic rings. The molecule has 0 radical (unpaired) electrons. The predicted octanol–water partition coefficient (Wildman–Crippen LogP) is 2.36. The number of amides is 1. The lowest BCUT2D eigenvalue weighted by molar-refractivity contribution is -0.127. The fourth-order valence-corrected chi connectivity index (χ4v) is 5.45. The molecule has 0 unspecified atom stereocenters. The van der Waals surface area contributed by atoms with Crippen LogP contribution in [-0.4, -0.2) is 38.4 Å². The highest BCUT2D eigenvalue weighted by molar-refractivity contribution is 7.91. The van der Waals surface area contributed by atoms with Crippen molar-refractivity contribution in [3.05, 3.63) is 43.0 Å². The molecular formula is C16H18N2O3S2. The van der Waals surface area contributed by atoms with E-state index in [2.05, 4.69) is 11.3 Å². The molecule has 7 heteroatoms. The average Bonchev–Trinajstić information content (AvgIpc) is 2.99. The first-order valence-electron chi connectivity index (χ1n) is 7.42. The molecule has 1 aromatic carbocycles. The van der Waals surface area contributed by atoms with Crippen molar-refractivity contribution in [2.75, 3.05) is 13.1 Å². The zero-order valence-corrected chi connectivity index (χ0v) is 14.2. The highest BCUT2D eigenvalue weighted by atomic mass is 32.2. The van der Waals surface area contributed by atoms with E-state index in [0.29, 0.717) is 17.3 Å². The van der Waals surface area contributed by atoms with E-state index in [4.69, 9.17) is 0 Å². The molecule has 0 spiro atoms. The Balaban J connectivity index is 1.77. The molecule has 1 amide bonds. The number of benzene rings is 1. The smallest absolute Gasteiger partial charge is 0.250 e. The van der Waals surface area contributed by atoms with Gasteiger partial charge < -0.3 is 4.90 Å². The maximum Gasteiger partial charge on any atom is 0.250 e. The van der Waals surface area contributed by atoms with Crippen LogP contribution >= 0.6 is 11.3 Å². The summed E-state index contributed by atoms with van der Waals surface area (Å²) in [5, 5.41) is 0.921. The van der Waals surface area contributed by atoms with E-state index < -0.39 is 10.0 Å². The summed E-state index contributed by atoms with van der Waals surface area (Å²) in [6, 6.07) is 9.02. The fourth-order valence-electron chi connectivity index (χ4n) is 2.77. The second kappa shape index (κ2) is 6.43. The molecule has 0 saturated carbocycles. The van der Waals surface area contributed by atoms with Crippen molar-refractivity contribution >= 4 is 37.4 Å². The van der Waals surface area contributed by atoms with E-state index in [1.165, 1.54) is 17.4 Å². The lowest BCUT2D eigenvalue weighted by atomic mass is 10.1. The Morgan fingerprint density at radius 2 is 2.17 bits per heavy atom. The van der Waals surface area contributed by atoms with Gasteiger partial charge in [-0.2, -0.15) is 0 Å². The third-order valence-corrected chi connectivity index (χ3v) is 7.01. The average molecular weight is 350 g/mol. The first-order valence-corrected chi connectivity index (χ1v) is 9.72. The van der Waals surface area contributed by atoms with Crippen molar-refractivity contribution in [2.24, 2.45) is 0 Å². The SMILES string of the molecule is C=CC(=O)N1CCC[C@H](NS(=O)(=O)c2cc3ccccc3s2)C1. The van der Waals surface area contributed by atoms with Gasteiger partial charge in [0.1, 0.15) is 4.21 Å². The van der Waals surface area contributed by atoms with Crippen LogP contribution in [0.4, 0.5) is 0 Å². The van der Waals surface area contributed by atoms with Gasteiger partial charge in [0.2, 0.25) is 15.9 Å². The van der Waals surface area contributed by atoms with Gasteiger partial charge in [-0.3, -0.25) is 4.79 Å². The van der Waals surface area contributed by atoms with Gasteiger partial charge in [-0.1, -0.05) is 24.8 Å². The number of fused-ring (bicyclic) bond motifs is 1. The van der Waals surface area contributed by atoms with Gasteiger partial charge >= 0.3 is 0 Å². The van der Waals surface area contributed by atoms with E-state index >= 15 is 0 Å². The molecule has 5 nitrogen and oxygen atoms in total. The number of nitrogens with zero attached hydrogens (tertiary/aromatic N) is 1. The van der Waals surface area contributed by atoms with Gasteiger partial charge in [-0.15, -0.1) is 11.3 Å². The maximum absolute atomic E-state index is 12.6. The molecule has 1 atom stereocenters. The van der Waals surface area contributed by atoms with Crippen molar-refractivity contribution in [1.29, 1.82) is 0 Å². The Hall–Kier alpha value is -1.70. The number of sulfonamides is 1. The first-order chi connectivity index (χ1) is 11.0. The summed E-state index contributed by atoms with van der Waals surface area (Å²) in [5.74, 6) is -0.157. The van der Waals surface area contributed by atoms with Crippen LogP contribution in [0.25, 0.3) is 10.1 Å². The maximum atomic E-state index is 12.6. The summed E-state index contributed by atoms with van der Waals surface area (Å²) in [7, 11) is -3.57. The topological polar surface area (TPSA) is 66.5 Å². The Morgan fingerprint density at radius 1 is 1.39 bits per heavy atom. The molecule has 122 valence electrons. The van der Waals surface area contributed by atoms with Gasteiger partial charge in [0.25, 0.3) is 0 Å². The van der Waals surface area contributed by atoms with Crippen molar-refractivity contribution in [1.82, 2.24) is 9.62 Å².